The van der Waals surface area contributed by atoms with Gasteiger partial charge in [0.15, 0.2) is 0 Å². The fraction of sp³-hybridized carbons (Fsp3) is 0.412. The van der Waals surface area contributed by atoms with Crippen LogP contribution in [0.4, 0.5) is 5.69 Å². The van der Waals surface area contributed by atoms with E-state index in [0.29, 0.717) is 18.7 Å². The lowest BCUT2D eigenvalue weighted by Gasteiger charge is -2.17. The first kappa shape index (κ1) is 18.4. The number of likely N-dealkylation sites (tertiary alicyclic amines) is 1. The second-order valence-electron chi connectivity index (χ2n) is 5.99. The van der Waals surface area contributed by atoms with Gasteiger partial charge in [0, 0.05) is 43.6 Å². The van der Waals surface area contributed by atoms with E-state index < -0.39 is 23.7 Å². The van der Waals surface area contributed by atoms with Crippen molar-refractivity contribution >= 4 is 29.4 Å². The van der Waals surface area contributed by atoms with Crippen molar-refractivity contribution in [3.05, 3.63) is 29.8 Å². The third kappa shape index (κ3) is 5.30. The van der Waals surface area contributed by atoms with Gasteiger partial charge >= 0.3 is 11.8 Å². The van der Waals surface area contributed by atoms with Gasteiger partial charge in [0.1, 0.15) is 0 Å². The summed E-state index contributed by atoms with van der Waals surface area (Å²) in [5.41, 5.74) is 1.57. The number of carboxylic acids is 1. The Labute approximate surface area is 145 Å². The van der Waals surface area contributed by atoms with Crippen molar-refractivity contribution in [2.45, 2.75) is 19.8 Å². The van der Waals surface area contributed by atoms with Gasteiger partial charge in [-0.1, -0.05) is 17.7 Å². The maximum absolute atomic E-state index is 11.8. The Balaban J connectivity index is 1.68. The molecule has 0 aromatic heterocycles. The monoisotopic (exact) mass is 346 g/mol. The largest absolute Gasteiger partial charge is 0.550 e. The minimum atomic E-state index is -1.23. The molecule has 8 heteroatoms. The number of carbonyl (C=O) groups is 4. The van der Waals surface area contributed by atoms with Crippen molar-refractivity contribution in [3.63, 3.8) is 0 Å². The minimum absolute atomic E-state index is 0.0480. The SMILES string of the molecule is Cc1ccc(NC(=O)C(=O)NCCCN2C[C@@H](C(=O)[O-])CC2=O)cc1. The van der Waals surface area contributed by atoms with Crippen LogP contribution in [0.5, 0.6) is 0 Å². The van der Waals surface area contributed by atoms with Crippen LogP contribution in [0.1, 0.15) is 18.4 Å². The van der Waals surface area contributed by atoms with Crippen LogP contribution in [-0.4, -0.2) is 48.2 Å². The lowest BCUT2D eigenvalue weighted by Crippen LogP contribution is -2.37. The molecule has 2 rings (SSSR count). The van der Waals surface area contributed by atoms with Gasteiger partial charge in [-0.2, -0.15) is 0 Å². The Morgan fingerprint density at radius 3 is 2.48 bits per heavy atom. The number of hydrogen-bond donors (Lipinski definition) is 2. The number of nitrogens with zero attached hydrogens (tertiary/aromatic N) is 1. The normalized spacial score (nSPS) is 16.6. The zero-order valence-electron chi connectivity index (χ0n) is 13.9. The zero-order chi connectivity index (χ0) is 18.4. The average Bonchev–Trinajstić information content (AvgIpc) is 2.94. The molecule has 0 unspecified atom stereocenters. The molecule has 1 aliphatic heterocycles. The number of amides is 3. The Hall–Kier alpha value is -2.90. The highest BCUT2D eigenvalue weighted by Gasteiger charge is 2.29. The summed E-state index contributed by atoms with van der Waals surface area (Å²) in [5, 5.41) is 15.7. The summed E-state index contributed by atoms with van der Waals surface area (Å²) in [6.07, 6.45) is 0.378. The Morgan fingerprint density at radius 1 is 1.20 bits per heavy atom. The molecule has 1 heterocycles. The molecule has 1 aliphatic rings. The number of aryl methyl sites for hydroxylation is 1. The number of hydrogen-bond acceptors (Lipinski definition) is 5. The molecule has 0 aliphatic carbocycles. The third-order valence-corrected chi connectivity index (χ3v) is 3.95. The summed E-state index contributed by atoms with van der Waals surface area (Å²) in [5.74, 6) is -3.77. The lowest BCUT2D eigenvalue weighted by atomic mass is 10.1. The highest BCUT2D eigenvalue weighted by molar-refractivity contribution is 6.39. The molecule has 3 amide bonds. The van der Waals surface area contributed by atoms with Crippen molar-refractivity contribution in [2.24, 2.45) is 5.92 Å². The van der Waals surface area contributed by atoms with Gasteiger partial charge in [-0.25, -0.2) is 0 Å². The van der Waals surface area contributed by atoms with E-state index in [2.05, 4.69) is 10.6 Å². The first-order valence-electron chi connectivity index (χ1n) is 8.01. The highest BCUT2D eigenvalue weighted by Crippen LogP contribution is 2.16. The molecular formula is C17H20N3O5-. The molecule has 0 spiro atoms. The average molecular weight is 346 g/mol. The van der Waals surface area contributed by atoms with E-state index in [4.69, 9.17) is 0 Å². The van der Waals surface area contributed by atoms with Crippen LogP contribution in [0, 0.1) is 12.8 Å². The summed E-state index contributed by atoms with van der Waals surface area (Å²) < 4.78 is 0. The molecule has 1 atom stereocenters. The smallest absolute Gasteiger partial charge is 0.313 e. The molecule has 1 aromatic carbocycles. The van der Waals surface area contributed by atoms with Crippen LogP contribution < -0.4 is 15.7 Å². The van der Waals surface area contributed by atoms with Gasteiger partial charge in [-0.3, -0.25) is 14.4 Å². The second kappa shape index (κ2) is 8.27. The number of nitrogens with one attached hydrogen (secondary N) is 2. The van der Waals surface area contributed by atoms with Crippen molar-refractivity contribution in [1.82, 2.24) is 10.2 Å². The Kier molecular flexibility index (Phi) is 6.10. The molecule has 0 radical (unpaired) electrons. The molecule has 1 saturated heterocycles. The van der Waals surface area contributed by atoms with Gasteiger partial charge in [0.25, 0.3) is 0 Å². The van der Waals surface area contributed by atoms with Crippen LogP contribution in [0.2, 0.25) is 0 Å². The molecule has 25 heavy (non-hydrogen) atoms. The van der Waals surface area contributed by atoms with Crippen molar-refractivity contribution in [3.8, 4) is 0 Å². The number of aliphatic carboxylic acids is 1. The number of anilines is 1. The van der Waals surface area contributed by atoms with Crippen LogP contribution in [-0.2, 0) is 19.2 Å². The van der Waals surface area contributed by atoms with Gasteiger partial charge in [-0.15, -0.1) is 0 Å². The predicted molar refractivity (Wildman–Crippen MR) is 87.1 cm³/mol. The van der Waals surface area contributed by atoms with E-state index in [1.165, 1.54) is 4.90 Å². The number of benzene rings is 1. The second-order valence-corrected chi connectivity index (χ2v) is 5.99. The summed E-state index contributed by atoms with van der Waals surface area (Å²) in [6, 6.07) is 7.04. The fourth-order valence-electron chi connectivity index (χ4n) is 2.52. The maximum atomic E-state index is 11.8. The van der Waals surface area contributed by atoms with E-state index in [9.17, 15) is 24.3 Å². The fourth-order valence-corrected chi connectivity index (χ4v) is 2.52. The summed E-state index contributed by atoms with van der Waals surface area (Å²) >= 11 is 0. The minimum Gasteiger partial charge on any atom is -0.550 e. The predicted octanol–water partition coefficient (Wildman–Crippen LogP) is -0.962. The van der Waals surface area contributed by atoms with Crippen molar-refractivity contribution in [1.29, 1.82) is 0 Å². The van der Waals surface area contributed by atoms with Gasteiger partial charge in [-0.05, 0) is 25.5 Å². The van der Waals surface area contributed by atoms with Crippen LogP contribution in [0.15, 0.2) is 24.3 Å². The summed E-state index contributed by atoms with van der Waals surface area (Å²) in [6.45, 7) is 2.57. The zero-order valence-corrected chi connectivity index (χ0v) is 13.9. The maximum Gasteiger partial charge on any atom is 0.313 e. The summed E-state index contributed by atoms with van der Waals surface area (Å²) in [7, 11) is 0. The quantitative estimate of drug-likeness (QED) is 0.508. The van der Waals surface area contributed by atoms with E-state index in [0.717, 1.165) is 5.56 Å². The molecule has 1 fully saturated rings. The molecule has 2 N–H and O–H groups in total. The summed E-state index contributed by atoms with van der Waals surface area (Å²) in [4.78, 5) is 47.3. The van der Waals surface area contributed by atoms with Crippen molar-refractivity contribution in [2.75, 3.05) is 25.0 Å². The van der Waals surface area contributed by atoms with Crippen LogP contribution in [0.25, 0.3) is 0 Å². The topological polar surface area (TPSA) is 119 Å². The van der Waals surface area contributed by atoms with Crippen molar-refractivity contribution < 1.29 is 24.3 Å². The lowest BCUT2D eigenvalue weighted by molar-refractivity contribution is -0.311. The number of carboxylic acid groups (broad SMARTS) is 1. The molecular weight excluding hydrogens is 326 g/mol. The number of rotatable bonds is 6. The van der Waals surface area contributed by atoms with Gasteiger partial charge in [0.2, 0.25) is 5.91 Å². The van der Waals surface area contributed by atoms with E-state index >= 15 is 0 Å². The number of carbonyl (C=O) groups excluding carboxylic acids is 4. The first-order chi connectivity index (χ1) is 11.9. The standard InChI is InChI=1S/C17H21N3O5/c1-11-3-5-13(6-4-11)19-16(23)15(22)18-7-2-8-20-10-12(17(24)25)9-14(20)21/h3-6,12H,2,7-10H2,1H3,(H,18,22)(H,19,23)(H,24,25)/p-1/t12-/m0/s1. The Bertz CT molecular complexity index is 671. The van der Waals surface area contributed by atoms with E-state index in [1.807, 2.05) is 19.1 Å². The van der Waals surface area contributed by atoms with Gasteiger partial charge in [0.05, 0.1) is 0 Å². The van der Waals surface area contributed by atoms with Gasteiger partial charge < -0.3 is 25.4 Å². The highest BCUT2D eigenvalue weighted by atomic mass is 16.4. The first-order valence-corrected chi connectivity index (χ1v) is 8.01. The molecule has 1 aromatic rings. The third-order valence-electron chi connectivity index (χ3n) is 3.95. The van der Waals surface area contributed by atoms with Crippen LogP contribution in [0.3, 0.4) is 0 Å². The Morgan fingerprint density at radius 2 is 1.88 bits per heavy atom. The molecule has 8 nitrogen and oxygen atoms in total. The molecule has 0 saturated carbocycles. The van der Waals surface area contributed by atoms with E-state index in [-0.39, 0.29) is 25.4 Å². The van der Waals surface area contributed by atoms with Crippen LogP contribution >= 0.6 is 0 Å². The molecule has 134 valence electrons. The van der Waals surface area contributed by atoms with E-state index in [1.54, 1.807) is 12.1 Å². The molecule has 0 bridgehead atoms.